The van der Waals surface area contributed by atoms with E-state index in [4.69, 9.17) is 4.74 Å². The summed E-state index contributed by atoms with van der Waals surface area (Å²) in [4.78, 5) is 29.5. The van der Waals surface area contributed by atoms with Crippen molar-refractivity contribution in [3.05, 3.63) is 46.5 Å². The molecule has 2 aromatic heterocycles. The second-order valence-corrected chi connectivity index (χ2v) is 7.63. The van der Waals surface area contributed by atoms with Gasteiger partial charge in [0.05, 0.1) is 16.8 Å². The van der Waals surface area contributed by atoms with E-state index in [1.165, 1.54) is 16.9 Å². The molecule has 1 aromatic carbocycles. The van der Waals surface area contributed by atoms with Gasteiger partial charge in [0.25, 0.3) is 5.91 Å². The minimum Gasteiger partial charge on any atom is -0.465 e. The Morgan fingerprint density at radius 2 is 2.04 bits per heavy atom. The lowest BCUT2D eigenvalue weighted by Crippen LogP contribution is -2.23. The van der Waals surface area contributed by atoms with Crippen molar-refractivity contribution in [2.24, 2.45) is 4.99 Å². The second kappa shape index (κ2) is 8.52. The highest BCUT2D eigenvalue weighted by Gasteiger charge is 2.15. The van der Waals surface area contributed by atoms with Crippen molar-refractivity contribution in [1.29, 1.82) is 0 Å². The third-order valence-electron chi connectivity index (χ3n) is 4.30. The maximum Gasteiger partial charge on any atom is 0.326 e. The molecule has 0 atom stereocenters. The van der Waals surface area contributed by atoms with Crippen molar-refractivity contribution >= 4 is 33.4 Å². The Morgan fingerprint density at radius 1 is 1.25 bits per heavy atom. The zero-order valence-electron chi connectivity index (χ0n) is 16.5. The second-order valence-electron chi connectivity index (χ2n) is 6.62. The number of benzene rings is 1. The fourth-order valence-electron chi connectivity index (χ4n) is 2.80. The third kappa shape index (κ3) is 4.22. The summed E-state index contributed by atoms with van der Waals surface area (Å²) >= 11 is 1.38. The summed E-state index contributed by atoms with van der Waals surface area (Å²) in [6.07, 6.45) is 2.67. The van der Waals surface area contributed by atoms with Crippen LogP contribution in [0.5, 0.6) is 0 Å². The van der Waals surface area contributed by atoms with Crippen molar-refractivity contribution in [2.45, 2.75) is 46.7 Å². The molecule has 0 unspecified atom stereocenters. The maximum atomic E-state index is 12.6. The SMILES string of the molecule is CCOC(=O)Cn1c(=NC(=O)c2ccn(C(C)C)n2)sc2cc(CC)ccc21. The van der Waals surface area contributed by atoms with E-state index in [1.807, 2.05) is 26.0 Å². The molecule has 3 aromatic rings. The molecule has 148 valence electrons. The Bertz CT molecular complexity index is 1070. The van der Waals surface area contributed by atoms with E-state index in [1.54, 1.807) is 28.4 Å². The van der Waals surface area contributed by atoms with Crippen LogP contribution in [0.15, 0.2) is 35.5 Å². The largest absolute Gasteiger partial charge is 0.465 e. The van der Waals surface area contributed by atoms with E-state index in [0.717, 1.165) is 16.6 Å². The van der Waals surface area contributed by atoms with Crippen LogP contribution in [0.25, 0.3) is 10.2 Å². The van der Waals surface area contributed by atoms with Gasteiger partial charge in [0.15, 0.2) is 10.5 Å². The number of nitrogens with zero attached hydrogens (tertiary/aromatic N) is 4. The van der Waals surface area contributed by atoms with Crippen LogP contribution in [0.2, 0.25) is 0 Å². The molecule has 0 aliphatic heterocycles. The van der Waals surface area contributed by atoms with Crippen molar-refractivity contribution in [3.63, 3.8) is 0 Å². The summed E-state index contributed by atoms with van der Waals surface area (Å²) in [5.74, 6) is -0.793. The summed E-state index contributed by atoms with van der Waals surface area (Å²) in [7, 11) is 0. The Balaban J connectivity index is 2.07. The van der Waals surface area contributed by atoms with Gasteiger partial charge in [-0.3, -0.25) is 14.3 Å². The zero-order chi connectivity index (χ0) is 20.3. The molecule has 0 saturated carbocycles. The normalized spacial score (nSPS) is 12.1. The number of ether oxygens (including phenoxy) is 1. The molecule has 0 aliphatic carbocycles. The lowest BCUT2D eigenvalue weighted by atomic mass is 10.2. The van der Waals surface area contributed by atoms with Gasteiger partial charge in [0, 0.05) is 12.2 Å². The first-order chi connectivity index (χ1) is 13.4. The van der Waals surface area contributed by atoms with Crippen molar-refractivity contribution in [1.82, 2.24) is 14.3 Å². The number of amides is 1. The van der Waals surface area contributed by atoms with Crippen LogP contribution in [0.1, 0.15) is 49.8 Å². The molecule has 7 nitrogen and oxygen atoms in total. The standard InChI is InChI=1S/C20H24N4O3S/c1-5-14-7-8-16-17(11-14)28-20(23(16)12-18(25)27-6-2)21-19(26)15-9-10-24(22-15)13(3)4/h7-11,13H,5-6,12H2,1-4H3. The number of hydrogen-bond acceptors (Lipinski definition) is 5. The fraction of sp³-hybridized carbons (Fsp3) is 0.400. The van der Waals surface area contributed by atoms with Gasteiger partial charge < -0.3 is 9.30 Å². The average Bonchev–Trinajstić information content (AvgIpc) is 3.27. The van der Waals surface area contributed by atoms with Crippen molar-refractivity contribution < 1.29 is 14.3 Å². The summed E-state index contributed by atoms with van der Waals surface area (Å²) in [5.41, 5.74) is 2.32. The molecule has 0 bridgehead atoms. The first-order valence-electron chi connectivity index (χ1n) is 9.35. The number of fused-ring (bicyclic) bond motifs is 1. The molecule has 0 spiro atoms. The van der Waals surface area contributed by atoms with E-state index in [9.17, 15) is 9.59 Å². The molecule has 0 saturated heterocycles. The topological polar surface area (TPSA) is 78.5 Å². The molecule has 0 fully saturated rings. The van der Waals surface area contributed by atoms with Crippen LogP contribution in [-0.2, 0) is 22.5 Å². The molecule has 0 N–H and O–H groups in total. The third-order valence-corrected chi connectivity index (χ3v) is 5.34. The minimum atomic E-state index is -0.431. The Hall–Kier alpha value is -2.74. The first kappa shape index (κ1) is 20.0. The number of aryl methyl sites for hydroxylation is 1. The van der Waals surface area contributed by atoms with E-state index in [-0.39, 0.29) is 24.2 Å². The molecule has 8 heteroatoms. The molecule has 2 heterocycles. The highest BCUT2D eigenvalue weighted by molar-refractivity contribution is 7.16. The van der Waals surface area contributed by atoms with Crippen molar-refractivity contribution in [2.75, 3.05) is 6.61 Å². The molecule has 0 aliphatic rings. The van der Waals surface area contributed by atoms with Crippen LogP contribution in [0.4, 0.5) is 0 Å². The van der Waals surface area contributed by atoms with Crippen LogP contribution < -0.4 is 4.80 Å². The number of thiazole rings is 1. The van der Waals surface area contributed by atoms with Gasteiger partial charge in [-0.1, -0.05) is 24.3 Å². The van der Waals surface area contributed by atoms with E-state index >= 15 is 0 Å². The van der Waals surface area contributed by atoms with E-state index in [2.05, 4.69) is 23.1 Å². The van der Waals surface area contributed by atoms with Crippen LogP contribution >= 0.6 is 11.3 Å². The average molecular weight is 401 g/mol. The minimum absolute atomic E-state index is 0.00581. The molecular formula is C20H24N4O3S. The van der Waals surface area contributed by atoms with Gasteiger partial charge in [-0.2, -0.15) is 10.1 Å². The Labute approximate surface area is 167 Å². The molecular weight excluding hydrogens is 376 g/mol. The van der Waals surface area contributed by atoms with Gasteiger partial charge in [-0.05, 0) is 51.0 Å². The molecule has 3 rings (SSSR count). The van der Waals surface area contributed by atoms with Gasteiger partial charge in [0.1, 0.15) is 6.54 Å². The molecule has 28 heavy (non-hydrogen) atoms. The fourth-order valence-corrected chi connectivity index (χ4v) is 3.89. The molecule has 1 amide bonds. The predicted octanol–water partition coefficient (Wildman–Crippen LogP) is 3.35. The summed E-state index contributed by atoms with van der Waals surface area (Å²) < 4.78 is 9.51. The van der Waals surface area contributed by atoms with Gasteiger partial charge in [-0.15, -0.1) is 0 Å². The van der Waals surface area contributed by atoms with E-state index in [0.29, 0.717) is 11.4 Å². The summed E-state index contributed by atoms with van der Waals surface area (Å²) in [6, 6.07) is 7.86. The van der Waals surface area contributed by atoms with Gasteiger partial charge >= 0.3 is 5.97 Å². The number of esters is 1. The number of carbonyl (C=O) groups is 2. The lowest BCUT2D eigenvalue weighted by Gasteiger charge is -2.05. The van der Waals surface area contributed by atoms with Crippen LogP contribution in [0, 0.1) is 0 Å². The number of rotatable bonds is 6. The highest BCUT2D eigenvalue weighted by Crippen LogP contribution is 2.20. The number of hydrogen-bond donors (Lipinski definition) is 0. The smallest absolute Gasteiger partial charge is 0.326 e. The van der Waals surface area contributed by atoms with Crippen molar-refractivity contribution in [3.8, 4) is 0 Å². The van der Waals surface area contributed by atoms with Crippen LogP contribution in [-0.4, -0.2) is 32.8 Å². The first-order valence-corrected chi connectivity index (χ1v) is 10.2. The lowest BCUT2D eigenvalue weighted by molar-refractivity contribution is -0.143. The monoisotopic (exact) mass is 400 g/mol. The Kier molecular flexibility index (Phi) is 6.08. The zero-order valence-corrected chi connectivity index (χ0v) is 17.3. The summed E-state index contributed by atoms with van der Waals surface area (Å²) in [5, 5.41) is 4.28. The van der Waals surface area contributed by atoms with Crippen LogP contribution in [0.3, 0.4) is 0 Å². The quantitative estimate of drug-likeness (QED) is 0.595. The number of aromatic nitrogens is 3. The maximum absolute atomic E-state index is 12.6. The molecule has 0 radical (unpaired) electrons. The summed E-state index contributed by atoms with van der Waals surface area (Å²) in [6.45, 7) is 8.14. The highest BCUT2D eigenvalue weighted by atomic mass is 32.1. The Morgan fingerprint density at radius 3 is 2.68 bits per heavy atom. The van der Waals surface area contributed by atoms with Gasteiger partial charge in [0.2, 0.25) is 0 Å². The predicted molar refractivity (Wildman–Crippen MR) is 108 cm³/mol. The number of carbonyl (C=O) groups excluding carboxylic acids is 2. The van der Waals surface area contributed by atoms with Gasteiger partial charge in [-0.25, -0.2) is 0 Å². The van der Waals surface area contributed by atoms with E-state index < -0.39 is 5.91 Å².